The second kappa shape index (κ2) is 11.0. The standard InChI is InChI=1S/C12H20O12/c13-3-5(15)9(19)11(21)23-7(17)1-2-8(18)24-12(22)10(20)6(16)4-14/h1-2,5-6,9-16,19-22H,3-4H2/b2-1-/t5-,6-,9-,10-,11?,12?/m0/s1. The molecule has 8 N–H and O–H groups in total. The molecule has 12 heteroatoms. The first-order valence-electron chi connectivity index (χ1n) is 6.53. The van der Waals surface area contributed by atoms with E-state index in [2.05, 4.69) is 9.47 Å². The molecule has 0 saturated heterocycles. The summed E-state index contributed by atoms with van der Waals surface area (Å²) < 4.78 is 8.42. The second-order valence-corrected chi connectivity index (χ2v) is 4.47. The molecule has 0 fully saturated rings. The van der Waals surface area contributed by atoms with E-state index in [1.165, 1.54) is 0 Å². The maximum Gasteiger partial charge on any atom is 0.333 e. The van der Waals surface area contributed by atoms with Gasteiger partial charge in [0, 0.05) is 12.2 Å². The summed E-state index contributed by atoms with van der Waals surface area (Å²) in [5.74, 6) is -2.68. The van der Waals surface area contributed by atoms with E-state index in [9.17, 15) is 30.0 Å². The van der Waals surface area contributed by atoms with Crippen molar-refractivity contribution in [3.8, 4) is 0 Å². The molecule has 0 aromatic rings. The molecule has 0 spiro atoms. The molecule has 0 bridgehead atoms. The van der Waals surface area contributed by atoms with Crippen LogP contribution in [0, 0.1) is 0 Å². The van der Waals surface area contributed by atoms with Crippen LogP contribution in [0.15, 0.2) is 12.2 Å². The molecular weight excluding hydrogens is 336 g/mol. The summed E-state index contributed by atoms with van der Waals surface area (Å²) in [7, 11) is 0. The van der Waals surface area contributed by atoms with Gasteiger partial charge in [0.25, 0.3) is 0 Å². The van der Waals surface area contributed by atoms with Gasteiger partial charge in [-0.1, -0.05) is 0 Å². The third kappa shape index (κ3) is 7.76. The third-order valence-corrected chi connectivity index (χ3v) is 2.58. The van der Waals surface area contributed by atoms with Gasteiger partial charge < -0.3 is 50.3 Å². The van der Waals surface area contributed by atoms with E-state index in [-0.39, 0.29) is 0 Å². The second-order valence-electron chi connectivity index (χ2n) is 4.47. The highest BCUT2D eigenvalue weighted by atomic mass is 16.7. The largest absolute Gasteiger partial charge is 0.430 e. The maximum atomic E-state index is 11.2. The SMILES string of the molecule is O=C(/C=C\C(=O)OC(O)[C@@H](O)[C@@H](O)CO)OC(O)[C@@H](O)[C@@H](O)CO. The van der Waals surface area contributed by atoms with E-state index < -0.39 is 62.1 Å². The zero-order chi connectivity index (χ0) is 18.9. The number of ether oxygens (including phenoxy) is 2. The number of esters is 2. The van der Waals surface area contributed by atoms with Gasteiger partial charge in [-0.25, -0.2) is 9.59 Å². The van der Waals surface area contributed by atoms with Crippen molar-refractivity contribution >= 4 is 11.9 Å². The molecular formula is C12H20O12. The predicted molar refractivity (Wildman–Crippen MR) is 71.5 cm³/mol. The van der Waals surface area contributed by atoms with E-state index >= 15 is 0 Å². The smallest absolute Gasteiger partial charge is 0.333 e. The van der Waals surface area contributed by atoms with E-state index in [1.54, 1.807) is 0 Å². The summed E-state index contributed by atoms with van der Waals surface area (Å²) in [6.45, 7) is -1.81. The Kier molecular flexibility index (Phi) is 10.3. The predicted octanol–water partition coefficient (Wildman–Crippen LogP) is -5.31. The van der Waals surface area contributed by atoms with Crippen LogP contribution in [0.4, 0.5) is 0 Å². The molecule has 2 unspecified atom stereocenters. The Bertz CT molecular complexity index is 386. The number of hydrogen-bond donors (Lipinski definition) is 8. The first kappa shape index (κ1) is 22.4. The topological polar surface area (TPSA) is 214 Å². The molecule has 12 nitrogen and oxygen atoms in total. The minimum Gasteiger partial charge on any atom is -0.430 e. The van der Waals surface area contributed by atoms with E-state index in [0.717, 1.165) is 0 Å². The van der Waals surface area contributed by atoms with Crippen LogP contribution in [-0.4, -0.2) is 103 Å². The average molecular weight is 356 g/mol. The molecule has 0 rings (SSSR count). The van der Waals surface area contributed by atoms with Crippen LogP contribution in [0.1, 0.15) is 0 Å². The van der Waals surface area contributed by atoms with Crippen molar-refractivity contribution < 1.29 is 59.9 Å². The summed E-state index contributed by atoms with van der Waals surface area (Å²) in [5.41, 5.74) is 0. The quantitative estimate of drug-likeness (QED) is 0.105. The molecule has 0 amide bonds. The highest BCUT2D eigenvalue weighted by Gasteiger charge is 2.28. The Morgan fingerprint density at radius 2 is 1.00 bits per heavy atom. The number of aliphatic hydroxyl groups excluding tert-OH is 8. The Hall–Kier alpha value is -1.64. The fourth-order valence-electron chi connectivity index (χ4n) is 1.19. The number of aliphatic hydroxyl groups is 8. The van der Waals surface area contributed by atoms with Crippen LogP contribution >= 0.6 is 0 Å². The van der Waals surface area contributed by atoms with Crippen molar-refractivity contribution in [2.45, 2.75) is 37.0 Å². The zero-order valence-corrected chi connectivity index (χ0v) is 12.2. The molecule has 24 heavy (non-hydrogen) atoms. The van der Waals surface area contributed by atoms with Gasteiger partial charge in [0.2, 0.25) is 12.6 Å². The average Bonchev–Trinajstić information content (AvgIpc) is 2.56. The van der Waals surface area contributed by atoms with E-state index in [0.29, 0.717) is 12.2 Å². The van der Waals surface area contributed by atoms with Crippen molar-refractivity contribution in [1.82, 2.24) is 0 Å². The number of carbonyl (C=O) groups is 2. The minimum atomic E-state index is -2.19. The van der Waals surface area contributed by atoms with Crippen molar-refractivity contribution in [1.29, 1.82) is 0 Å². The first-order valence-corrected chi connectivity index (χ1v) is 6.53. The first-order chi connectivity index (χ1) is 11.1. The lowest BCUT2D eigenvalue weighted by molar-refractivity contribution is -0.199. The van der Waals surface area contributed by atoms with Crippen LogP contribution in [0.3, 0.4) is 0 Å². The van der Waals surface area contributed by atoms with E-state index in [1.807, 2.05) is 0 Å². The molecule has 140 valence electrons. The summed E-state index contributed by atoms with van der Waals surface area (Å²) in [5, 5.41) is 72.0. The Balaban J connectivity index is 4.42. The van der Waals surface area contributed by atoms with Crippen molar-refractivity contribution in [3.63, 3.8) is 0 Å². The Labute approximate surface area is 135 Å². The van der Waals surface area contributed by atoms with Crippen LogP contribution in [0.2, 0.25) is 0 Å². The number of hydrogen-bond acceptors (Lipinski definition) is 12. The highest BCUT2D eigenvalue weighted by Crippen LogP contribution is 2.04. The monoisotopic (exact) mass is 356 g/mol. The molecule has 0 aromatic heterocycles. The van der Waals surface area contributed by atoms with Crippen LogP contribution < -0.4 is 0 Å². The molecule has 0 heterocycles. The van der Waals surface area contributed by atoms with Gasteiger partial charge in [-0.2, -0.15) is 0 Å². The molecule has 0 saturated carbocycles. The van der Waals surface area contributed by atoms with Gasteiger partial charge in [-0.15, -0.1) is 0 Å². The normalized spacial score (nSPS) is 19.2. The van der Waals surface area contributed by atoms with Gasteiger partial charge in [-0.3, -0.25) is 0 Å². The van der Waals surface area contributed by atoms with Crippen LogP contribution in [-0.2, 0) is 19.1 Å². The summed E-state index contributed by atoms with van der Waals surface area (Å²) in [4.78, 5) is 22.5. The van der Waals surface area contributed by atoms with Gasteiger partial charge in [0.05, 0.1) is 13.2 Å². The Morgan fingerprint density at radius 1 is 0.708 bits per heavy atom. The van der Waals surface area contributed by atoms with Crippen molar-refractivity contribution in [2.75, 3.05) is 13.2 Å². The molecule has 0 aliphatic rings. The molecule has 0 aliphatic heterocycles. The lowest BCUT2D eigenvalue weighted by atomic mass is 10.2. The number of carbonyl (C=O) groups excluding carboxylic acids is 2. The molecule has 0 aliphatic carbocycles. The van der Waals surface area contributed by atoms with Gasteiger partial charge >= 0.3 is 11.9 Å². The van der Waals surface area contributed by atoms with Gasteiger partial charge in [-0.05, 0) is 0 Å². The van der Waals surface area contributed by atoms with Gasteiger partial charge in [0.1, 0.15) is 24.4 Å². The van der Waals surface area contributed by atoms with Crippen LogP contribution in [0.25, 0.3) is 0 Å². The lowest BCUT2D eigenvalue weighted by Crippen LogP contribution is -2.42. The zero-order valence-electron chi connectivity index (χ0n) is 12.2. The third-order valence-electron chi connectivity index (χ3n) is 2.58. The Morgan fingerprint density at radius 3 is 1.25 bits per heavy atom. The molecule has 0 aromatic carbocycles. The maximum absolute atomic E-state index is 11.2. The molecule has 0 radical (unpaired) electrons. The van der Waals surface area contributed by atoms with Gasteiger partial charge in [0.15, 0.2) is 0 Å². The fraction of sp³-hybridized carbons (Fsp3) is 0.667. The van der Waals surface area contributed by atoms with Crippen LogP contribution in [0.5, 0.6) is 0 Å². The summed E-state index contributed by atoms with van der Waals surface area (Å²) in [6.07, 6.45) is -11.0. The summed E-state index contributed by atoms with van der Waals surface area (Å²) >= 11 is 0. The minimum absolute atomic E-state index is 0.436. The lowest BCUT2D eigenvalue weighted by Gasteiger charge is -2.21. The van der Waals surface area contributed by atoms with Crippen molar-refractivity contribution in [2.24, 2.45) is 0 Å². The number of rotatable bonds is 10. The highest BCUT2D eigenvalue weighted by molar-refractivity contribution is 5.91. The van der Waals surface area contributed by atoms with E-state index in [4.69, 9.17) is 20.4 Å². The van der Waals surface area contributed by atoms with Crippen molar-refractivity contribution in [3.05, 3.63) is 12.2 Å². The molecule has 6 atom stereocenters. The fourth-order valence-corrected chi connectivity index (χ4v) is 1.19. The summed E-state index contributed by atoms with van der Waals surface area (Å²) in [6, 6.07) is 0.